The second-order valence-electron chi connectivity index (χ2n) is 8.18. The molecule has 0 bridgehead atoms. The molecule has 1 aliphatic heterocycles. The summed E-state index contributed by atoms with van der Waals surface area (Å²) in [4.78, 5) is 29.0. The molecule has 2 N–H and O–H groups in total. The Morgan fingerprint density at radius 2 is 1.76 bits per heavy atom. The second-order valence-corrected chi connectivity index (χ2v) is 8.18. The van der Waals surface area contributed by atoms with E-state index in [1.807, 2.05) is 0 Å². The number of carboxylic acid groups (broad SMARTS) is 1. The Morgan fingerprint density at radius 3 is 2.41 bits per heavy atom. The number of rotatable bonds is 6. The summed E-state index contributed by atoms with van der Waals surface area (Å²) in [6.07, 6.45) is -1.06. The molecular formula is C25H22F2N2O5. The SMILES string of the molecule is C=C/C(C)=C(\N=C(/C)NC(=O)C1(c2ccc3c(c2)OC(F)(F)O3)CC1)c1cccc(C(=O)O)c1. The number of carboxylic acids is 1. The monoisotopic (exact) mass is 468 g/mol. The Hall–Kier alpha value is -4.01. The number of ether oxygens (including phenoxy) is 2. The van der Waals surface area contributed by atoms with Gasteiger partial charge in [-0.3, -0.25) is 4.79 Å². The lowest BCUT2D eigenvalue weighted by Gasteiger charge is -2.16. The zero-order valence-electron chi connectivity index (χ0n) is 18.5. The molecule has 2 aromatic rings. The molecule has 0 spiro atoms. The summed E-state index contributed by atoms with van der Waals surface area (Å²) in [5.41, 5.74) is 1.48. The highest BCUT2D eigenvalue weighted by atomic mass is 19.3. The molecule has 0 aromatic heterocycles. The molecule has 1 fully saturated rings. The minimum absolute atomic E-state index is 0.0824. The van der Waals surface area contributed by atoms with Crippen LogP contribution in [-0.4, -0.2) is 29.1 Å². The van der Waals surface area contributed by atoms with E-state index in [2.05, 4.69) is 26.4 Å². The number of amides is 1. The molecule has 0 unspecified atom stereocenters. The number of fused-ring (bicyclic) bond motifs is 1. The van der Waals surface area contributed by atoms with E-state index in [1.54, 1.807) is 38.1 Å². The molecule has 1 amide bonds. The van der Waals surface area contributed by atoms with E-state index < -0.39 is 17.7 Å². The first-order valence-corrected chi connectivity index (χ1v) is 10.5. The molecule has 1 saturated carbocycles. The van der Waals surface area contributed by atoms with Crippen molar-refractivity contribution < 1.29 is 33.0 Å². The second kappa shape index (κ2) is 8.40. The Balaban J connectivity index is 1.58. The number of halogens is 2. The minimum Gasteiger partial charge on any atom is -0.478 e. The number of hydrogen-bond acceptors (Lipinski definition) is 5. The standard InChI is InChI=1S/C25H22F2N2O5/c1-4-14(2)21(16-6-5-7-17(12-16)22(30)31)28-15(3)29-23(32)24(10-11-24)18-8-9-19-20(13-18)34-25(26,27)33-19/h4-9,12-13H,1,10-11H2,2-3H3,(H,30,31)(H,28,29,32)/b21-14-. The van der Waals surface area contributed by atoms with Crippen LogP contribution in [0.1, 0.15) is 48.2 Å². The molecule has 0 atom stereocenters. The summed E-state index contributed by atoms with van der Waals surface area (Å²) in [6, 6.07) is 10.6. The van der Waals surface area contributed by atoms with Gasteiger partial charge in [0, 0.05) is 5.56 Å². The van der Waals surface area contributed by atoms with Gasteiger partial charge in [-0.05, 0) is 62.1 Å². The molecule has 9 heteroatoms. The predicted molar refractivity (Wildman–Crippen MR) is 121 cm³/mol. The topological polar surface area (TPSA) is 97.2 Å². The van der Waals surface area contributed by atoms with Crippen molar-refractivity contribution >= 4 is 23.4 Å². The lowest BCUT2D eigenvalue weighted by Crippen LogP contribution is -2.37. The lowest BCUT2D eigenvalue weighted by atomic mass is 9.94. The molecule has 2 aliphatic rings. The fourth-order valence-corrected chi connectivity index (χ4v) is 3.77. The van der Waals surface area contributed by atoms with Crippen LogP contribution < -0.4 is 14.8 Å². The van der Waals surface area contributed by atoms with E-state index in [0.717, 1.165) is 0 Å². The summed E-state index contributed by atoms with van der Waals surface area (Å²) in [5.74, 6) is -1.29. The lowest BCUT2D eigenvalue weighted by molar-refractivity contribution is -0.286. The number of nitrogens with one attached hydrogen (secondary N) is 1. The van der Waals surface area contributed by atoms with Crippen molar-refractivity contribution in [2.24, 2.45) is 4.99 Å². The maximum absolute atomic E-state index is 13.4. The van der Waals surface area contributed by atoms with Crippen LogP contribution in [0, 0.1) is 0 Å². The van der Waals surface area contributed by atoms with E-state index in [4.69, 9.17) is 0 Å². The molecule has 2 aromatic carbocycles. The van der Waals surface area contributed by atoms with Gasteiger partial charge in [-0.25, -0.2) is 9.79 Å². The Morgan fingerprint density at radius 1 is 1.09 bits per heavy atom. The van der Waals surface area contributed by atoms with Crippen LogP contribution in [0.4, 0.5) is 8.78 Å². The van der Waals surface area contributed by atoms with Gasteiger partial charge in [0.25, 0.3) is 0 Å². The van der Waals surface area contributed by atoms with Gasteiger partial charge in [0.15, 0.2) is 11.5 Å². The van der Waals surface area contributed by atoms with Gasteiger partial charge in [0.1, 0.15) is 5.84 Å². The normalized spacial score (nSPS) is 18.1. The highest BCUT2D eigenvalue weighted by Gasteiger charge is 2.52. The molecule has 1 heterocycles. The van der Waals surface area contributed by atoms with Gasteiger partial charge in [-0.1, -0.05) is 30.9 Å². The number of alkyl halides is 2. The smallest absolute Gasteiger partial charge is 0.478 e. The number of benzene rings is 2. The molecular weight excluding hydrogens is 446 g/mol. The molecule has 1 aliphatic carbocycles. The van der Waals surface area contributed by atoms with Gasteiger partial charge in [-0.2, -0.15) is 0 Å². The summed E-state index contributed by atoms with van der Waals surface area (Å²) in [5, 5.41) is 12.1. The van der Waals surface area contributed by atoms with Crippen molar-refractivity contribution in [3.05, 3.63) is 77.4 Å². The Labute approximate surface area is 194 Å². The number of amidine groups is 1. The molecule has 0 radical (unpaired) electrons. The van der Waals surface area contributed by atoms with Gasteiger partial charge in [0.2, 0.25) is 5.91 Å². The summed E-state index contributed by atoms with van der Waals surface area (Å²) in [7, 11) is 0. The highest BCUT2D eigenvalue weighted by molar-refractivity contribution is 6.05. The average molecular weight is 468 g/mol. The fourth-order valence-electron chi connectivity index (χ4n) is 3.77. The Bertz CT molecular complexity index is 1260. The molecule has 7 nitrogen and oxygen atoms in total. The van der Waals surface area contributed by atoms with E-state index in [1.165, 1.54) is 24.3 Å². The number of aromatic carboxylic acids is 1. The van der Waals surface area contributed by atoms with Crippen molar-refractivity contribution in [3.8, 4) is 11.5 Å². The number of allylic oxidation sites excluding steroid dienone is 2. The van der Waals surface area contributed by atoms with Crippen LogP contribution in [0.15, 0.2) is 65.7 Å². The van der Waals surface area contributed by atoms with E-state index in [9.17, 15) is 23.5 Å². The van der Waals surface area contributed by atoms with Crippen LogP contribution in [-0.2, 0) is 10.2 Å². The van der Waals surface area contributed by atoms with Crippen molar-refractivity contribution in [1.82, 2.24) is 5.32 Å². The first kappa shape index (κ1) is 23.2. The average Bonchev–Trinajstić information content (AvgIpc) is 3.54. The van der Waals surface area contributed by atoms with Gasteiger partial charge in [-0.15, -0.1) is 8.78 Å². The third kappa shape index (κ3) is 4.41. The third-order valence-corrected chi connectivity index (χ3v) is 5.78. The zero-order valence-corrected chi connectivity index (χ0v) is 18.5. The number of carbonyl (C=O) groups excluding carboxylic acids is 1. The van der Waals surface area contributed by atoms with Crippen LogP contribution in [0.25, 0.3) is 5.70 Å². The maximum Gasteiger partial charge on any atom is 0.586 e. The molecule has 4 rings (SSSR count). The maximum atomic E-state index is 13.4. The summed E-state index contributed by atoms with van der Waals surface area (Å²) >= 11 is 0. The van der Waals surface area contributed by atoms with Crippen LogP contribution in [0.3, 0.4) is 0 Å². The predicted octanol–water partition coefficient (Wildman–Crippen LogP) is 4.89. The number of aliphatic imine (C=N–C) groups is 1. The summed E-state index contributed by atoms with van der Waals surface area (Å²) in [6.45, 7) is 7.15. The van der Waals surface area contributed by atoms with Gasteiger partial charge < -0.3 is 19.9 Å². The molecule has 176 valence electrons. The van der Waals surface area contributed by atoms with Crippen LogP contribution in [0.5, 0.6) is 11.5 Å². The Kier molecular flexibility index (Phi) is 5.72. The minimum atomic E-state index is -3.73. The van der Waals surface area contributed by atoms with Crippen molar-refractivity contribution in [3.63, 3.8) is 0 Å². The van der Waals surface area contributed by atoms with Crippen LogP contribution in [0.2, 0.25) is 0 Å². The van der Waals surface area contributed by atoms with Crippen LogP contribution >= 0.6 is 0 Å². The van der Waals surface area contributed by atoms with E-state index in [0.29, 0.717) is 41.1 Å². The molecule has 0 saturated heterocycles. The van der Waals surface area contributed by atoms with E-state index >= 15 is 0 Å². The zero-order chi connectivity index (χ0) is 24.7. The van der Waals surface area contributed by atoms with Crippen molar-refractivity contribution in [1.29, 1.82) is 0 Å². The van der Waals surface area contributed by atoms with Gasteiger partial charge in [0.05, 0.1) is 16.7 Å². The van der Waals surface area contributed by atoms with Crippen molar-refractivity contribution in [2.45, 2.75) is 38.4 Å². The highest BCUT2D eigenvalue weighted by Crippen LogP contribution is 2.51. The third-order valence-electron chi connectivity index (χ3n) is 5.78. The first-order chi connectivity index (χ1) is 16.0. The van der Waals surface area contributed by atoms with Gasteiger partial charge >= 0.3 is 12.3 Å². The largest absolute Gasteiger partial charge is 0.586 e. The van der Waals surface area contributed by atoms with Crippen molar-refractivity contribution in [2.75, 3.05) is 0 Å². The number of carbonyl (C=O) groups is 2. The number of hydrogen-bond donors (Lipinski definition) is 2. The van der Waals surface area contributed by atoms with E-state index in [-0.39, 0.29) is 23.0 Å². The quantitative estimate of drug-likeness (QED) is 0.358. The fraction of sp³-hybridized carbons (Fsp3) is 0.240. The summed E-state index contributed by atoms with van der Waals surface area (Å²) < 4.78 is 35.6. The molecule has 34 heavy (non-hydrogen) atoms. The number of nitrogens with zero attached hydrogens (tertiary/aromatic N) is 1. The first-order valence-electron chi connectivity index (χ1n) is 10.5.